The minimum atomic E-state index is 0.114. The van der Waals surface area contributed by atoms with Crippen LogP contribution in [0.3, 0.4) is 0 Å². The molecule has 2 heterocycles. The molecule has 0 aromatic heterocycles. The molecular formula is C19H27N3O3. The summed E-state index contributed by atoms with van der Waals surface area (Å²) in [5.74, 6) is 1.13. The highest BCUT2D eigenvalue weighted by atomic mass is 16.5. The molecule has 1 aromatic rings. The second-order valence-corrected chi connectivity index (χ2v) is 6.80. The van der Waals surface area contributed by atoms with Crippen molar-refractivity contribution in [3.8, 4) is 5.75 Å². The van der Waals surface area contributed by atoms with Gasteiger partial charge in [-0.25, -0.2) is 0 Å². The van der Waals surface area contributed by atoms with E-state index in [4.69, 9.17) is 4.74 Å². The van der Waals surface area contributed by atoms with Crippen LogP contribution in [0.1, 0.15) is 31.4 Å². The van der Waals surface area contributed by atoms with Crippen LogP contribution < -0.4 is 4.74 Å². The Hall–Kier alpha value is -2.08. The van der Waals surface area contributed by atoms with Crippen molar-refractivity contribution in [2.24, 2.45) is 0 Å². The van der Waals surface area contributed by atoms with E-state index in [1.165, 1.54) is 0 Å². The van der Waals surface area contributed by atoms with Gasteiger partial charge in [0.15, 0.2) is 0 Å². The normalized spacial score (nSPS) is 21.4. The number of methoxy groups -OCH3 is 1. The molecule has 1 aromatic carbocycles. The Bertz CT molecular complexity index is 626. The molecule has 2 fully saturated rings. The summed E-state index contributed by atoms with van der Waals surface area (Å²) in [6.07, 6.45) is 2.03. The van der Waals surface area contributed by atoms with E-state index in [1.54, 1.807) is 14.0 Å². The number of carbonyl (C=O) groups excluding carboxylic acids is 2. The Balaban J connectivity index is 1.60. The fourth-order valence-electron chi connectivity index (χ4n) is 3.76. The molecular weight excluding hydrogens is 318 g/mol. The molecule has 6 nitrogen and oxygen atoms in total. The number of piperazine rings is 1. The molecule has 1 unspecified atom stereocenters. The van der Waals surface area contributed by atoms with Gasteiger partial charge < -0.3 is 14.5 Å². The van der Waals surface area contributed by atoms with E-state index in [1.807, 2.05) is 28.0 Å². The third-order valence-electron chi connectivity index (χ3n) is 5.23. The first-order chi connectivity index (χ1) is 12.1. The van der Waals surface area contributed by atoms with Gasteiger partial charge in [0.2, 0.25) is 11.8 Å². The van der Waals surface area contributed by atoms with E-state index < -0.39 is 0 Å². The van der Waals surface area contributed by atoms with Crippen molar-refractivity contribution in [2.75, 3.05) is 46.4 Å². The summed E-state index contributed by atoms with van der Waals surface area (Å²) in [5.41, 5.74) is 1.14. The first-order valence-electron chi connectivity index (χ1n) is 9.00. The SMILES string of the molecule is COc1cccc(C2CCCN2C(=O)CN2CCN(C(C)=O)CC2)c1. The molecule has 6 heteroatoms. The molecule has 0 N–H and O–H groups in total. The number of nitrogens with zero attached hydrogens (tertiary/aromatic N) is 3. The highest BCUT2D eigenvalue weighted by Gasteiger charge is 2.31. The summed E-state index contributed by atoms with van der Waals surface area (Å²) < 4.78 is 5.32. The predicted molar refractivity (Wildman–Crippen MR) is 95.4 cm³/mol. The number of ether oxygens (including phenoxy) is 1. The molecule has 0 spiro atoms. The first-order valence-corrected chi connectivity index (χ1v) is 9.00. The molecule has 1 atom stereocenters. The summed E-state index contributed by atoms with van der Waals surface area (Å²) in [6.45, 7) is 5.81. The van der Waals surface area contributed by atoms with Gasteiger partial charge in [-0.3, -0.25) is 14.5 Å². The third-order valence-corrected chi connectivity index (χ3v) is 5.23. The van der Waals surface area contributed by atoms with E-state index in [0.29, 0.717) is 19.6 Å². The number of rotatable bonds is 4. The summed E-state index contributed by atoms with van der Waals surface area (Å²) in [5, 5.41) is 0. The summed E-state index contributed by atoms with van der Waals surface area (Å²) in [7, 11) is 1.66. The van der Waals surface area contributed by atoms with Crippen LogP contribution >= 0.6 is 0 Å². The van der Waals surface area contributed by atoms with Crippen molar-refractivity contribution in [1.82, 2.24) is 14.7 Å². The molecule has 0 saturated carbocycles. The second-order valence-electron chi connectivity index (χ2n) is 6.80. The van der Waals surface area contributed by atoms with Crippen LogP contribution in [0.25, 0.3) is 0 Å². The van der Waals surface area contributed by atoms with Gasteiger partial charge in [0.1, 0.15) is 5.75 Å². The number of hydrogen-bond donors (Lipinski definition) is 0. The topological polar surface area (TPSA) is 53.1 Å². The maximum absolute atomic E-state index is 12.8. The zero-order valence-electron chi connectivity index (χ0n) is 15.1. The minimum Gasteiger partial charge on any atom is -0.497 e. The van der Waals surface area contributed by atoms with Gasteiger partial charge in [-0.2, -0.15) is 0 Å². The highest BCUT2D eigenvalue weighted by molar-refractivity contribution is 5.79. The zero-order valence-corrected chi connectivity index (χ0v) is 15.1. The van der Waals surface area contributed by atoms with Gasteiger partial charge in [-0.05, 0) is 30.5 Å². The van der Waals surface area contributed by atoms with E-state index >= 15 is 0 Å². The van der Waals surface area contributed by atoms with Crippen molar-refractivity contribution >= 4 is 11.8 Å². The standard InChI is InChI=1S/C19H27N3O3/c1-15(23)21-11-9-20(10-12-21)14-19(24)22-8-4-7-18(22)16-5-3-6-17(13-16)25-2/h3,5-6,13,18H,4,7-12,14H2,1-2H3. The Morgan fingerprint density at radius 2 is 1.92 bits per heavy atom. The van der Waals surface area contributed by atoms with Crippen molar-refractivity contribution < 1.29 is 14.3 Å². The monoisotopic (exact) mass is 345 g/mol. The Labute approximate surface area is 149 Å². The zero-order chi connectivity index (χ0) is 17.8. The van der Waals surface area contributed by atoms with Gasteiger partial charge in [0.05, 0.1) is 19.7 Å². The summed E-state index contributed by atoms with van der Waals surface area (Å²) in [4.78, 5) is 30.3. The number of amides is 2. The van der Waals surface area contributed by atoms with Crippen LogP contribution in [0.2, 0.25) is 0 Å². The molecule has 136 valence electrons. The quantitative estimate of drug-likeness (QED) is 0.830. The Morgan fingerprint density at radius 1 is 1.16 bits per heavy atom. The average Bonchev–Trinajstić information content (AvgIpc) is 3.12. The third kappa shape index (κ3) is 4.12. The molecule has 2 amide bonds. The molecule has 3 rings (SSSR count). The fraction of sp³-hybridized carbons (Fsp3) is 0.579. The Morgan fingerprint density at radius 3 is 2.60 bits per heavy atom. The molecule has 2 aliphatic rings. The molecule has 2 saturated heterocycles. The van der Waals surface area contributed by atoms with Crippen molar-refractivity contribution in [3.05, 3.63) is 29.8 Å². The fourth-order valence-corrected chi connectivity index (χ4v) is 3.76. The van der Waals surface area contributed by atoms with Gasteiger partial charge in [0.25, 0.3) is 0 Å². The first kappa shape index (κ1) is 17.7. The summed E-state index contributed by atoms with van der Waals surface area (Å²) >= 11 is 0. The van der Waals surface area contributed by atoms with Crippen LogP contribution in [0.15, 0.2) is 24.3 Å². The molecule has 0 radical (unpaired) electrons. The van der Waals surface area contributed by atoms with Crippen LogP contribution in [-0.4, -0.2) is 72.9 Å². The van der Waals surface area contributed by atoms with Gasteiger partial charge in [-0.1, -0.05) is 12.1 Å². The van der Waals surface area contributed by atoms with Crippen LogP contribution in [0.5, 0.6) is 5.75 Å². The van der Waals surface area contributed by atoms with E-state index in [0.717, 1.165) is 43.8 Å². The van der Waals surface area contributed by atoms with Gasteiger partial charge in [0, 0.05) is 39.6 Å². The minimum absolute atomic E-state index is 0.114. The lowest BCUT2D eigenvalue weighted by Crippen LogP contribution is -2.51. The predicted octanol–water partition coefficient (Wildman–Crippen LogP) is 1.52. The van der Waals surface area contributed by atoms with Crippen LogP contribution in [0.4, 0.5) is 0 Å². The molecule has 2 aliphatic heterocycles. The van der Waals surface area contributed by atoms with E-state index in [9.17, 15) is 9.59 Å². The molecule has 0 aliphatic carbocycles. The number of benzene rings is 1. The van der Waals surface area contributed by atoms with E-state index in [2.05, 4.69) is 11.0 Å². The Kier molecular flexibility index (Phi) is 5.58. The lowest BCUT2D eigenvalue weighted by molar-refractivity contribution is -0.134. The van der Waals surface area contributed by atoms with E-state index in [-0.39, 0.29) is 17.9 Å². The second kappa shape index (κ2) is 7.87. The lowest BCUT2D eigenvalue weighted by atomic mass is 10.0. The largest absolute Gasteiger partial charge is 0.497 e. The van der Waals surface area contributed by atoms with Crippen molar-refractivity contribution in [1.29, 1.82) is 0 Å². The number of hydrogen-bond acceptors (Lipinski definition) is 4. The maximum atomic E-state index is 12.8. The smallest absolute Gasteiger partial charge is 0.237 e. The average molecular weight is 345 g/mol. The van der Waals surface area contributed by atoms with Crippen LogP contribution in [0, 0.1) is 0 Å². The summed E-state index contributed by atoms with van der Waals surface area (Å²) in [6, 6.07) is 8.16. The highest BCUT2D eigenvalue weighted by Crippen LogP contribution is 2.33. The van der Waals surface area contributed by atoms with Crippen molar-refractivity contribution in [2.45, 2.75) is 25.8 Å². The number of likely N-dealkylation sites (tertiary alicyclic amines) is 1. The lowest BCUT2D eigenvalue weighted by Gasteiger charge is -2.35. The maximum Gasteiger partial charge on any atom is 0.237 e. The number of carbonyl (C=O) groups is 2. The molecule has 0 bridgehead atoms. The van der Waals surface area contributed by atoms with Crippen LogP contribution in [-0.2, 0) is 9.59 Å². The van der Waals surface area contributed by atoms with Gasteiger partial charge in [-0.15, -0.1) is 0 Å². The van der Waals surface area contributed by atoms with Gasteiger partial charge >= 0.3 is 0 Å². The molecule has 25 heavy (non-hydrogen) atoms. The van der Waals surface area contributed by atoms with Crippen molar-refractivity contribution in [3.63, 3.8) is 0 Å².